The van der Waals surface area contributed by atoms with Crippen LogP contribution in [-0.2, 0) is 11.3 Å². The van der Waals surface area contributed by atoms with Crippen LogP contribution in [0.2, 0.25) is 0 Å². The number of hydrogen-bond donors (Lipinski definition) is 0. The number of amides is 1. The summed E-state index contributed by atoms with van der Waals surface area (Å²) in [5.41, 5.74) is 2.50. The number of aromatic nitrogens is 2. The first kappa shape index (κ1) is 20.0. The number of ether oxygens (including phenoxy) is 1. The summed E-state index contributed by atoms with van der Waals surface area (Å²) in [5, 5.41) is 0. The number of rotatable bonds is 6. The average molecular weight is 395 g/mol. The molecule has 6 nitrogen and oxygen atoms in total. The van der Waals surface area contributed by atoms with Crippen LogP contribution in [0.15, 0.2) is 42.7 Å². The largest absolute Gasteiger partial charge is 0.375 e. The lowest BCUT2D eigenvalue weighted by molar-refractivity contribution is 0.0313. The third-order valence-electron chi connectivity index (χ3n) is 6.07. The third-order valence-corrected chi connectivity index (χ3v) is 6.07. The number of nitrogens with zero attached hydrogens (tertiary/aromatic N) is 4. The van der Waals surface area contributed by atoms with Gasteiger partial charge in [0.2, 0.25) is 0 Å². The lowest BCUT2D eigenvalue weighted by Crippen LogP contribution is -2.49. The fourth-order valence-corrected chi connectivity index (χ4v) is 4.47. The van der Waals surface area contributed by atoms with E-state index in [0.717, 1.165) is 44.8 Å². The highest BCUT2D eigenvalue weighted by molar-refractivity contribution is 5.92. The van der Waals surface area contributed by atoms with Gasteiger partial charge < -0.3 is 9.64 Å². The van der Waals surface area contributed by atoms with E-state index in [1.54, 1.807) is 12.4 Å². The molecule has 2 aliphatic rings. The summed E-state index contributed by atoms with van der Waals surface area (Å²) in [5.74, 6) is 0.000108. The third kappa shape index (κ3) is 5.00. The second kappa shape index (κ2) is 9.46. The molecule has 1 atom stereocenters. The molecular formula is C23H30N4O2. The molecular weight excluding hydrogens is 364 g/mol. The minimum Gasteiger partial charge on any atom is -0.375 e. The molecule has 2 aromatic rings. The maximum Gasteiger partial charge on any atom is 0.274 e. The molecule has 154 valence electrons. The number of benzene rings is 1. The monoisotopic (exact) mass is 394 g/mol. The van der Waals surface area contributed by atoms with Crippen LogP contribution < -0.4 is 0 Å². The van der Waals surface area contributed by atoms with Crippen molar-refractivity contribution in [1.82, 2.24) is 19.8 Å². The average Bonchev–Trinajstić information content (AvgIpc) is 3.23. The van der Waals surface area contributed by atoms with Gasteiger partial charge in [0.15, 0.2) is 0 Å². The van der Waals surface area contributed by atoms with Gasteiger partial charge in [0.25, 0.3) is 5.91 Å². The molecule has 1 aromatic heterocycles. The smallest absolute Gasteiger partial charge is 0.274 e. The van der Waals surface area contributed by atoms with Gasteiger partial charge in [-0.15, -0.1) is 0 Å². The van der Waals surface area contributed by atoms with E-state index in [4.69, 9.17) is 4.74 Å². The van der Waals surface area contributed by atoms with Crippen LogP contribution in [0.3, 0.4) is 0 Å². The fraction of sp³-hybridized carbons (Fsp3) is 0.522. The Morgan fingerprint density at radius 1 is 1.07 bits per heavy atom. The van der Waals surface area contributed by atoms with Gasteiger partial charge in [-0.2, -0.15) is 0 Å². The van der Waals surface area contributed by atoms with Crippen molar-refractivity contribution in [3.8, 4) is 0 Å². The quantitative estimate of drug-likeness (QED) is 0.754. The number of aryl methyl sites for hydroxylation is 1. The van der Waals surface area contributed by atoms with Crippen molar-refractivity contribution in [2.45, 2.75) is 51.3 Å². The molecule has 0 bridgehead atoms. The number of hydrogen-bond acceptors (Lipinski definition) is 5. The van der Waals surface area contributed by atoms with Crippen LogP contribution in [0.25, 0.3) is 0 Å². The molecule has 0 radical (unpaired) electrons. The van der Waals surface area contributed by atoms with Gasteiger partial charge in [-0.3, -0.25) is 14.7 Å². The molecule has 0 unspecified atom stereocenters. The summed E-state index contributed by atoms with van der Waals surface area (Å²) < 4.78 is 6.03. The molecule has 2 aliphatic heterocycles. The summed E-state index contributed by atoms with van der Waals surface area (Å²) in [4.78, 5) is 25.7. The number of piperidine rings is 1. The zero-order chi connectivity index (χ0) is 20.1. The highest BCUT2D eigenvalue weighted by Crippen LogP contribution is 2.27. The van der Waals surface area contributed by atoms with Crippen molar-refractivity contribution in [2.75, 3.05) is 26.2 Å². The Hall–Kier alpha value is -2.31. The molecule has 2 saturated heterocycles. The molecule has 0 aliphatic carbocycles. The summed E-state index contributed by atoms with van der Waals surface area (Å²) >= 11 is 0. The molecule has 6 heteroatoms. The molecule has 0 saturated carbocycles. The fourth-order valence-electron chi connectivity index (χ4n) is 4.47. The van der Waals surface area contributed by atoms with E-state index < -0.39 is 0 Å². The maximum atomic E-state index is 12.7. The molecule has 2 fully saturated rings. The van der Waals surface area contributed by atoms with E-state index in [0.29, 0.717) is 24.4 Å². The van der Waals surface area contributed by atoms with Gasteiger partial charge in [-0.25, -0.2) is 4.98 Å². The summed E-state index contributed by atoms with van der Waals surface area (Å²) in [7, 11) is 0. The second-order valence-corrected chi connectivity index (χ2v) is 8.10. The van der Waals surface area contributed by atoms with Crippen molar-refractivity contribution in [1.29, 1.82) is 0 Å². The first-order valence-corrected chi connectivity index (χ1v) is 10.7. The Morgan fingerprint density at radius 3 is 2.59 bits per heavy atom. The minimum atomic E-state index is 0.000108. The van der Waals surface area contributed by atoms with E-state index in [-0.39, 0.29) is 5.91 Å². The predicted octanol–water partition coefficient (Wildman–Crippen LogP) is 3.07. The van der Waals surface area contributed by atoms with E-state index in [9.17, 15) is 4.79 Å². The van der Waals surface area contributed by atoms with Crippen molar-refractivity contribution in [3.63, 3.8) is 0 Å². The highest BCUT2D eigenvalue weighted by atomic mass is 16.5. The summed E-state index contributed by atoms with van der Waals surface area (Å²) in [6, 6.07) is 11.4. The van der Waals surface area contributed by atoms with E-state index in [1.807, 2.05) is 17.9 Å². The first-order chi connectivity index (χ1) is 14.2. The Balaban J connectivity index is 1.26. The molecule has 29 heavy (non-hydrogen) atoms. The molecule has 0 N–H and O–H groups in total. The Kier molecular flexibility index (Phi) is 6.52. The van der Waals surface area contributed by atoms with Crippen molar-refractivity contribution < 1.29 is 9.53 Å². The molecule has 1 amide bonds. The minimum absolute atomic E-state index is 0.000108. The molecule has 1 aromatic carbocycles. The molecule has 4 rings (SSSR count). The molecule has 0 spiro atoms. The lowest BCUT2D eigenvalue weighted by atomic mass is 10.0. The highest BCUT2D eigenvalue weighted by Gasteiger charge is 2.34. The van der Waals surface area contributed by atoms with E-state index >= 15 is 0 Å². The zero-order valence-electron chi connectivity index (χ0n) is 17.2. The second-order valence-electron chi connectivity index (χ2n) is 8.10. The number of likely N-dealkylation sites (tertiary alicyclic amines) is 2. The Bertz CT molecular complexity index is 788. The Morgan fingerprint density at radius 2 is 1.86 bits per heavy atom. The summed E-state index contributed by atoms with van der Waals surface area (Å²) in [6.07, 6.45) is 7.71. The van der Waals surface area contributed by atoms with Crippen molar-refractivity contribution >= 4 is 5.91 Å². The number of carbonyl (C=O) groups excluding carboxylic acids is 1. The predicted molar refractivity (Wildman–Crippen MR) is 112 cm³/mol. The van der Waals surface area contributed by atoms with E-state index in [2.05, 4.69) is 39.1 Å². The number of carbonyl (C=O) groups is 1. The zero-order valence-corrected chi connectivity index (χ0v) is 17.2. The van der Waals surface area contributed by atoms with Crippen LogP contribution in [0.1, 0.15) is 47.4 Å². The van der Waals surface area contributed by atoms with Crippen LogP contribution in [0.4, 0.5) is 0 Å². The van der Waals surface area contributed by atoms with Crippen molar-refractivity contribution in [2.24, 2.45) is 0 Å². The molecule has 3 heterocycles. The van der Waals surface area contributed by atoms with Gasteiger partial charge in [0.05, 0.1) is 25.1 Å². The van der Waals surface area contributed by atoms with Crippen LogP contribution in [0.5, 0.6) is 0 Å². The first-order valence-electron chi connectivity index (χ1n) is 10.7. The SMILES string of the molecule is Cc1cnc(C(=O)N2CCC(N3CCC[C@H]3COCc3ccccc3)CC2)cn1. The summed E-state index contributed by atoms with van der Waals surface area (Å²) in [6.45, 7) is 6.05. The van der Waals surface area contributed by atoms with Gasteiger partial charge >= 0.3 is 0 Å². The van der Waals surface area contributed by atoms with Gasteiger partial charge in [0.1, 0.15) is 5.69 Å². The topological polar surface area (TPSA) is 58.6 Å². The normalized spacial score (nSPS) is 20.9. The van der Waals surface area contributed by atoms with Crippen LogP contribution >= 0.6 is 0 Å². The Labute approximate surface area is 172 Å². The van der Waals surface area contributed by atoms with Gasteiger partial charge in [0, 0.05) is 31.4 Å². The van der Waals surface area contributed by atoms with Crippen LogP contribution in [-0.4, -0.2) is 64.0 Å². The van der Waals surface area contributed by atoms with E-state index in [1.165, 1.54) is 18.4 Å². The van der Waals surface area contributed by atoms with Gasteiger partial charge in [-0.1, -0.05) is 30.3 Å². The maximum absolute atomic E-state index is 12.7. The van der Waals surface area contributed by atoms with Gasteiger partial charge in [-0.05, 0) is 44.7 Å². The van der Waals surface area contributed by atoms with Crippen LogP contribution in [0, 0.1) is 6.92 Å². The van der Waals surface area contributed by atoms with Crippen molar-refractivity contribution in [3.05, 3.63) is 59.7 Å². The standard InChI is InChI=1S/C23H30N4O2/c1-18-14-25-22(15-24-18)23(28)26-12-9-20(10-13-26)27-11-5-8-21(27)17-29-16-19-6-3-2-4-7-19/h2-4,6-7,14-15,20-21H,5,8-13,16-17H2,1H3/t21-/m0/s1. The lowest BCUT2D eigenvalue weighted by Gasteiger charge is -2.39.